The quantitative estimate of drug-likeness (QED) is 0.630. The summed E-state index contributed by atoms with van der Waals surface area (Å²) in [6, 6.07) is 1.71. The molecular weight excluding hydrogens is 330 g/mol. The van der Waals surface area contributed by atoms with Crippen molar-refractivity contribution in [3.63, 3.8) is 0 Å². The van der Waals surface area contributed by atoms with E-state index in [1.165, 1.54) is 16.5 Å². The molecule has 0 radical (unpaired) electrons. The number of nitrogens with zero attached hydrogens (tertiary/aromatic N) is 3. The molecule has 0 aliphatic carbocycles. The Balaban J connectivity index is 2.62. The fraction of sp³-hybridized carbons (Fsp3) is 0.417. The van der Waals surface area contributed by atoms with E-state index >= 15 is 0 Å². The molecule has 0 unspecified atom stereocenters. The highest BCUT2D eigenvalue weighted by Gasteiger charge is 2.11. The van der Waals surface area contributed by atoms with Crippen molar-refractivity contribution in [3.8, 4) is 0 Å². The number of fused-ring (bicyclic) bond motifs is 1. The fourth-order valence-corrected chi connectivity index (χ4v) is 2.21. The van der Waals surface area contributed by atoms with Gasteiger partial charge in [0.2, 0.25) is 0 Å². The van der Waals surface area contributed by atoms with Crippen LogP contribution in [0.15, 0.2) is 26.7 Å². The van der Waals surface area contributed by atoms with Gasteiger partial charge in [-0.05, 0) is 34.2 Å². The third-order valence-corrected chi connectivity index (χ3v) is 3.49. The molecule has 0 atom stereocenters. The monoisotopic (exact) mass is 343 g/mol. The van der Waals surface area contributed by atoms with Gasteiger partial charge in [-0.1, -0.05) is 25.6 Å². The molecule has 0 fully saturated rings. The maximum absolute atomic E-state index is 12.1. The Morgan fingerprint density at radius 3 is 2.89 bits per heavy atom. The summed E-state index contributed by atoms with van der Waals surface area (Å²) < 4.78 is 1.67. The number of aromatic nitrogens is 3. The Bertz CT molecular complexity index is 657. The molecule has 2 aromatic heterocycles. The Morgan fingerprint density at radius 2 is 2.26 bits per heavy atom. The van der Waals surface area contributed by atoms with Crippen molar-refractivity contribution >= 4 is 38.7 Å². The van der Waals surface area contributed by atoms with Crippen molar-refractivity contribution < 1.29 is 4.84 Å². The van der Waals surface area contributed by atoms with Crippen molar-refractivity contribution in [3.05, 3.63) is 27.1 Å². The first-order chi connectivity index (χ1) is 9.02. The van der Waals surface area contributed by atoms with Gasteiger partial charge in [-0.15, -0.1) is 4.73 Å². The van der Waals surface area contributed by atoms with Crippen LogP contribution in [-0.2, 0) is 0 Å². The van der Waals surface area contributed by atoms with E-state index in [4.69, 9.17) is 4.84 Å². The maximum atomic E-state index is 12.1. The minimum atomic E-state index is -0.251. The average molecular weight is 344 g/mol. The molecule has 0 saturated heterocycles. The molecule has 102 valence electrons. The van der Waals surface area contributed by atoms with Gasteiger partial charge in [0.15, 0.2) is 10.8 Å². The van der Waals surface area contributed by atoms with Crippen LogP contribution in [0, 0.1) is 5.92 Å². The summed E-state index contributed by atoms with van der Waals surface area (Å²) in [7, 11) is 0. The lowest BCUT2D eigenvalue weighted by molar-refractivity contribution is 0.0888. The zero-order valence-electron chi connectivity index (χ0n) is 10.9. The lowest BCUT2D eigenvalue weighted by atomic mass is 10.2. The van der Waals surface area contributed by atoms with E-state index in [9.17, 15) is 4.79 Å². The van der Waals surface area contributed by atoms with Crippen LogP contribution in [0.25, 0.3) is 11.0 Å². The van der Waals surface area contributed by atoms with Crippen LogP contribution in [0.4, 0.5) is 0 Å². The van der Waals surface area contributed by atoms with E-state index in [1.807, 2.05) is 20.1 Å². The lowest BCUT2D eigenvalue weighted by Crippen LogP contribution is -2.30. The standard InChI is InChI=1S/C12H14BrN3O2S/c1-7(2)6-18-16-10-8(4-9(13)11(16)17)5-14-12(15-10)19-3/h4-5,7H,6H2,1-3H3. The van der Waals surface area contributed by atoms with Gasteiger partial charge in [0, 0.05) is 11.6 Å². The summed E-state index contributed by atoms with van der Waals surface area (Å²) in [5.41, 5.74) is 0.243. The van der Waals surface area contributed by atoms with Crippen LogP contribution in [0.5, 0.6) is 0 Å². The van der Waals surface area contributed by atoms with Crippen molar-refractivity contribution in [2.24, 2.45) is 5.92 Å². The Labute approximate surface area is 123 Å². The number of rotatable bonds is 4. The topological polar surface area (TPSA) is 57.0 Å². The van der Waals surface area contributed by atoms with Crippen LogP contribution in [0.2, 0.25) is 0 Å². The van der Waals surface area contributed by atoms with Gasteiger partial charge in [-0.25, -0.2) is 9.97 Å². The van der Waals surface area contributed by atoms with Crippen molar-refractivity contribution in [2.45, 2.75) is 19.0 Å². The second-order valence-corrected chi connectivity index (χ2v) is 6.04. The van der Waals surface area contributed by atoms with Gasteiger partial charge in [-0.2, -0.15) is 0 Å². The molecule has 0 aliphatic rings. The van der Waals surface area contributed by atoms with E-state index in [-0.39, 0.29) is 5.56 Å². The molecule has 5 nitrogen and oxygen atoms in total. The second kappa shape index (κ2) is 5.92. The summed E-state index contributed by atoms with van der Waals surface area (Å²) >= 11 is 4.66. The van der Waals surface area contributed by atoms with E-state index in [0.717, 1.165) is 5.39 Å². The predicted octanol–water partition coefficient (Wildman–Crippen LogP) is 2.36. The fourth-order valence-electron chi connectivity index (χ4n) is 1.46. The average Bonchev–Trinajstić information content (AvgIpc) is 2.38. The summed E-state index contributed by atoms with van der Waals surface area (Å²) in [6.45, 7) is 4.49. The molecule has 0 aromatic carbocycles. The zero-order valence-corrected chi connectivity index (χ0v) is 13.3. The molecule has 19 heavy (non-hydrogen) atoms. The third kappa shape index (κ3) is 3.09. The number of hydrogen-bond donors (Lipinski definition) is 0. The van der Waals surface area contributed by atoms with Gasteiger partial charge in [-0.3, -0.25) is 4.79 Å². The first-order valence-electron chi connectivity index (χ1n) is 5.78. The molecule has 0 bridgehead atoms. The smallest absolute Gasteiger partial charge is 0.299 e. The molecule has 2 rings (SSSR count). The summed E-state index contributed by atoms with van der Waals surface area (Å²) in [5, 5.41) is 1.36. The highest BCUT2D eigenvalue weighted by atomic mass is 79.9. The molecule has 0 amide bonds. The van der Waals surface area contributed by atoms with E-state index in [2.05, 4.69) is 25.9 Å². The molecule has 7 heteroatoms. The van der Waals surface area contributed by atoms with Gasteiger partial charge >= 0.3 is 0 Å². The van der Waals surface area contributed by atoms with E-state index in [1.54, 1.807) is 12.3 Å². The predicted molar refractivity (Wildman–Crippen MR) is 79.6 cm³/mol. The van der Waals surface area contributed by atoms with E-state index in [0.29, 0.717) is 27.8 Å². The summed E-state index contributed by atoms with van der Waals surface area (Å²) in [5.74, 6) is 0.322. The number of halogens is 1. The Hall–Kier alpha value is -1.08. The minimum absolute atomic E-state index is 0.251. The van der Waals surface area contributed by atoms with Gasteiger partial charge in [0.1, 0.15) is 6.61 Å². The largest absolute Gasteiger partial charge is 0.408 e. The lowest BCUT2D eigenvalue weighted by Gasteiger charge is -2.13. The highest BCUT2D eigenvalue weighted by Crippen LogP contribution is 2.16. The van der Waals surface area contributed by atoms with Crippen LogP contribution >= 0.6 is 27.7 Å². The second-order valence-electron chi connectivity index (χ2n) is 4.42. The van der Waals surface area contributed by atoms with E-state index < -0.39 is 0 Å². The third-order valence-electron chi connectivity index (χ3n) is 2.36. The van der Waals surface area contributed by atoms with Gasteiger partial charge < -0.3 is 4.84 Å². The Morgan fingerprint density at radius 1 is 1.53 bits per heavy atom. The normalized spacial score (nSPS) is 11.2. The molecule has 0 N–H and O–H groups in total. The van der Waals surface area contributed by atoms with Crippen LogP contribution in [-0.4, -0.2) is 27.6 Å². The molecule has 0 saturated carbocycles. The summed E-state index contributed by atoms with van der Waals surface area (Å²) in [6.07, 6.45) is 3.57. The summed E-state index contributed by atoms with van der Waals surface area (Å²) in [4.78, 5) is 26.2. The zero-order chi connectivity index (χ0) is 14.0. The molecule has 0 aliphatic heterocycles. The van der Waals surface area contributed by atoms with Crippen LogP contribution < -0.4 is 10.4 Å². The first kappa shape index (κ1) is 14.3. The van der Waals surface area contributed by atoms with Gasteiger partial charge in [0.25, 0.3) is 5.56 Å². The molecule has 2 aromatic rings. The van der Waals surface area contributed by atoms with Crippen molar-refractivity contribution in [2.75, 3.05) is 12.9 Å². The van der Waals surface area contributed by atoms with Crippen LogP contribution in [0.3, 0.4) is 0 Å². The number of thioether (sulfide) groups is 1. The van der Waals surface area contributed by atoms with Crippen molar-refractivity contribution in [1.29, 1.82) is 0 Å². The van der Waals surface area contributed by atoms with Gasteiger partial charge in [0.05, 0.1) is 4.47 Å². The molecular formula is C12H14BrN3O2S. The van der Waals surface area contributed by atoms with Crippen LogP contribution in [0.1, 0.15) is 13.8 Å². The minimum Gasteiger partial charge on any atom is -0.408 e. The Kier molecular flexibility index (Phi) is 4.46. The van der Waals surface area contributed by atoms with Crippen molar-refractivity contribution in [1.82, 2.24) is 14.7 Å². The highest BCUT2D eigenvalue weighted by molar-refractivity contribution is 9.10. The maximum Gasteiger partial charge on any atom is 0.299 e. The molecule has 2 heterocycles. The first-order valence-corrected chi connectivity index (χ1v) is 7.80. The number of pyridine rings is 1. The SMILES string of the molecule is CSc1ncc2cc(Br)c(=O)n(OCC(C)C)c2n1. The number of hydrogen-bond acceptors (Lipinski definition) is 5. The molecule has 0 spiro atoms.